The molecular formula is C24H25FN6O4. The van der Waals surface area contributed by atoms with E-state index in [0.29, 0.717) is 29.4 Å². The van der Waals surface area contributed by atoms with Crippen molar-refractivity contribution in [2.24, 2.45) is 5.92 Å². The number of imidazole rings is 1. The van der Waals surface area contributed by atoms with Crippen LogP contribution in [0.25, 0.3) is 16.7 Å². The Morgan fingerprint density at radius 2 is 1.74 bits per heavy atom. The summed E-state index contributed by atoms with van der Waals surface area (Å²) in [6.45, 7) is 2.49. The van der Waals surface area contributed by atoms with Crippen molar-refractivity contribution < 1.29 is 23.4 Å². The van der Waals surface area contributed by atoms with Gasteiger partial charge in [0, 0.05) is 18.7 Å². The van der Waals surface area contributed by atoms with E-state index in [0.717, 1.165) is 11.9 Å². The van der Waals surface area contributed by atoms with Crippen LogP contribution in [0.3, 0.4) is 0 Å². The number of nitrogens with one attached hydrogen (secondary N) is 1. The van der Waals surface area contributed by atoms with Crippen LogP contribution in [0.2, 0.25) is 0 Å². The molecule has 0 radical (unpaired) electrons. The summed E-state index contributed by atoms with van der Waals surface area (Å²) in [5, 5.41) is 8.18. The van der Waals surface area contributed by atoms with Crippen molar-refractivity contribution >= 4 is 16.9 Å². The molecule has 3 heterocycles. The molecule has 0 saturated carbocycles. The van der Waals surface area contributed by atoms with Crippen molar-refractivity contribution in [3.63, 3.8) is 0 Å². The maximum Gasteiger partial charge on any atom is 0.259 e. The Balaban J connectivity index is 1.59. The Morgan fingerprint density at radius 3 is 2.43 bits per heavy atom. The fraction of sp³-hybridized carbons (Fsp3) is 0.333. The van der Waals surface area contributed by atoms with E-state index < -0.39 is 17.8 Å². The topological polar surface area (TPSA) is 107 Å². The molecule has 1 amide bonds. The summed E-state index contributed by atoms with van der Waals surface area (Å²) in [4.78, 5) is 24.8. The minimum Gasteiger partial charge on any atom is -0.494 e. The SMILES string of the molecule is COc1cc2nc([C@@H]3[C@@H](C)CCN3C(=O)c3c(-n4nccn4)ccc(OC)c3F)[nH]c2cc1OC. The number of methoxy groups -OCH3 is 3. The molecule has 0 bridgehead atoms. The van der Waals surface area contributed by atoms with Gasteiger partial charge in [0.15, 0.2) is 23.1 Å². The number of rotatable bonds is 6. The smallest absolute Gasteiger partial charge is 0.259 e. The van der Waals surface area contributed by atoms with E-state index in [9.17, 15) is 4.79 Å². The summed E-state index contributed by atoms with van der Waals surface area (Å²) < 4.78 is 31.4. The molecule has 5 rings (SSSR count). The minimum atomic E-state index is -0.760. The van der Waals surface area contributed by atoms with Crippen molar-refractivity contribution in [3.05, 3.63) is 53.9 Å². The third kappa shape index (κ3) is 3.72. The monoisotopic (exact) mass is 480 g/mol. The molecule has 1 fully saturated rings. The second-order valence-electron chi connectivity index (χ2n) is 8.35. The van der Waals surface area contributed by atoms with Gasteiger partial charge in [-0.1, -0.05) is 6.92 Å². The Morgan fingerprint density at radius 1 is 1.06 bits per heavy atom. The molecule has 0 spiro atoms. The first-order valence-electron chi connectivity index (χ1n) is 11.1. The fourth-order valence-electron chi connectivity index (χ4n) is 4.65. The number of likely N-dealkylation sites (tertiary alicyclic amines) is 1. The number of halogens is 1. The number of fused-ring (bicyclic) bond motifs is 1. The fourth-order valence-corrected chi connectivity index (χ4v) is 4.65. The molecule has 0 unspecified atom stereocenters. The lowest BCUT2D eigenvalue weighted by Gasteiger charge is -2.26. The van der Waals surface area contributed by atoms with Crippen molar-refractivity contribution in [1.29, 1.82) is 0 Å². The number of ether oxygens (including phenoxy) is 3. The van der Waals surface area contributed by atoms with Crippen molar-refractivity contribution in [1.82, 2.24) is 29.9 Å². The van der Waals surface area contributed by atoms with Gasteiger partial charge in [-0.25, -0.2) is 9.37 Å². The van der Waals surface area contributed by atoms with E-state index in [1.807, 2.05) is 6.92 Å². The van der Waals surface area contributed by atoms with E-state index in [-0.39, 0.29) is 22.9 Å². The van der Waals surface area contributed by atoms with Crippen LogP contribution in [0.1, 0.15) is 35.6 Å². The Kier molecular flexibility index (Phi) is 5.75. The first-order valence-corrected chi connectivity index (χ1v) is 11.1. The number of benzene rings is 2. The molecule has 10 nitrogen and oxygen atoms in total. The zero-order valence-electron chi connectivity index (χ0n) is 19.8. The molecule has 2 aromatic heterocycles. The number of hydrogen-bond donors (Lipinski definition) is 1. The predicted octanol–water partition coefficient (Wildman–Crippen LogP) is 3.53. The quantitative estimate of drug-likeness (QED) is 0.450. The van der Waals surface area contributed by atoms with Crippen molar-refractivity contribution in [2.45, 2.75) is 19.4 Å². The molecule has 182 valence electrons. The van der Waals surface area contributed by atoms with Gasteiger partial charge in [0.2, 0.25) is 0 Å². The van der Waals surface area contributed by atoms with Crippen LogP contribution in [0.15, 0.2) is 36.7 Å². The van der Waals surface area contributed by atoms with Crippen LogP contribution < -0.4 is 14.2 Å². The highest BCUT2D eigenvalue weighted by atomic mass is 19.1. The number of carbonyl (C=O) groups excluding carboxylic acids is 1. The zero-order valence-corrected chi connectivity index (χ0v) is 19.8. The summed E-state index contributed by atoms with van der Waals surface area (Å²) >= 11 is 0. The summed E-state index contributed by atoms with van der Waals surface area (Å²) in [6.07, 6.45) is 3.67. The summed E-state index contributed by atoms with van der Waals surface area (Å²) in [5.74, 6) is 0.538. The summed E-state index contributed by atoms with van der Waals surface area (Å²) in [7, 11) is 4.48. The van der Waals surface area contributed by atoms with E-state index in [1.54, 1.807) is 37.3 Å². The second-order valence-corrected chi connectivity index (χ2v) is 8.35. The highest BCUT2D eigenvalue weighted by Crippen LogP contribution is 2.40. The number of amides is 1. The minimum absolute atomic E-state index is 0.0315. The number of aromatic amines is 1. The lowest BCUT2D eigenvalue weighted by Crippen LogP contribution is -2.34. The molecule has 1 aliphatic rings. The van der Waals surface area contributed by atoms with Gasteiger partial charge in [0.05, 0.1) is 50.8 Å². The molecule has 4 aromatic rings. The third-order valence-electron chi connectivity index (χ3n) is 6.40. The third-order valence-corrected chi connectivity index (χ3v) is 6.40. The molecule has 11 heteroatoms. The second kappa shape index (κ2) is 8.90. The maximum atomic E-state index is 15.5. The maximum absolute atomic E-state index is 15.5. The Bertz CT molecular complexity index is 1350. The lowest BCUT2D eigenvalue weighted by molar-refractivity contribution is 0.0708. The highest BCUT2D eigenvalue weighted by Gasteiger charge is 2.40. The number of H-pyrrole nitrogens is 1. The van der Waals surface area contributed by atoms with Crippen LogP contribution in [0.4, 0.5) is 4.39 Å². The lowest BCUT2D eigenvalue weighted by atomic mass is 10.0. The summed E-state index contributed by atoms with van der Waals surface area (Å²) in [5.41, 5.74) is 1.51. The van der Waals surface area contributed by atoms with E-state index >= 15 is 4.39 Å². The molecular weight excluding hydrogens is 455 g/mol. The van der Waals surface area contributed by atoms with Gasteiger partial charge in [-0.3, -0.25) is 4.79 Å². The zero-order chi connectivity index (χ0) is 24.7. The average molecular weight is 481 g/mol. The molecule has 35 heavy (non-hydrogen) atoms. The normalized spacial score (nSPS) is 17.7. The first kappa shape index (κ1) is 22.6. The number of hydrogen-bond acceptors (Lipinski definition) is 7. The number of aromatic nitrogens is 5. The average Bonchev–Trinajstić information content (AvgIpc) is 3.61. The standard InChI is InChI=1S/C24H25FN6O4/c1-13-7-10-30(22(13)23-28-14-11-18(34-3)19(35-4)12-15(14)29-23)24(32)20-16(31-26-8-9-27-31)5-6-17(33-2)21(20)25/h5-6,8-9,11-13,22H,7,10H2,1-4H3,(H,28,29)/t13-,22-/m0/s1. The molecule has 2 aromatic carbocycles. The molecule has 0 aliphatic carbocycles. The van der Waals surface area contributed by atoms with E-state index in [4.69, 9.17) is 19.2 Å². The molecule has 1 aliphatic heterocycles. The first-order chi connectivity index (χ1) is 17.0. The van der Waals surface area contributed by atoms with Crippen LogP contribution in [-0.2, 0) is 0 Å². The van der Waals surface area contributed by atoms with Crippen LogP contribution in [0.5, 0.6) is 17.2 Å². The van der Waals surface area contributed by atoms with E-state index in [1.165, 1.54) is 30.4 Å². The van der Waals surface area contributed by atoms with E-state index in [2.05, 4.69) is 15.2 Å². The molecule has 1 saturated heterocycles. The predicted molar refractivity (Wildman–Crippen MR) is 125 cm³/mol. The summed E-state index contributed by atoms with van der Waals surface area (Å²) in [6, 6.07) is 6.22. The van der Waals surface area contributed by atoms with Crippen molar-refractivity contribution in [3.8, 4) is 22.9 Å². The van der Waals surface area contributed by atoms with Gasteiger partial charge in [0.25, 0.3) is 5.91 Å². The molecule has 1 N–H and O–H groups in total. The Labute approximate surface area is 200 Å². The number of nitrogens with zero attached hydrogens (tertiary/aromatic N) is 5. The van der Waals surface area contributed by atoms with Gasteiger partial charge in [-0.2, -0.15) is 15.0 Å². The largest absolute Gasteiger partial charge is 0.494 e. The Hall–Kier alpha value is -4.15. The van der Waals surface area contributed by atoms with Crippen LogP contribution in [0, 0.1) is 11.7 Å². The van der Waals surface area contributed by atoms with Gasteiger partial charge in [-0.05, 0) is 24.5 Å². The van der Waals surface area contributed by atoms with Gasteiger partial charge in [-0.15, -0.1) is 0 Å². The van der Waals surface area contributed by atoms with Crippen LogP contribution in [-0.4, -0.2) is 63.6 Å². The van der Waals surface area contributed by atoms with Crippen LogP contribution >= 0.6 is 0 Å². The van der Waals surface area contributed by atoms with Crippen molar-refractivity contribution in [2.75, 3.05) is 27.9 Å². The number of carbonyl (C=O) groups is 1. The van der Waals surface area contributed by atoms with Gasteiger partial charge < -0.3 is 24.1 Å². The highest BCUT2D eigenvalue weighted by molar-refractivity contribution is 5.99. The van der Waals surface area contributed by atoms with Gasteiger partial charge >= 0.3 is 0 Å². The van der Waals surface area contributed by atoms with Gasteiger partial charge in [0.1, 0.15) is 17.1 Å². The molecule has 2 atom stereocenters.